The summed E-state index contributed by atoms with van der Waals surface area (Å²) >= 11 is 1.84. The molecule has 0 aliphatic carbocycles. The molecule has 0 aromatic heterocycles. The number of hydrogen-bond acceptors (Lipinski definition) is 1. The first-order valence-electron chi connectivity index (χ1n) is 5.85. The molecule has 0 bridgehead atoms. The molecule has 1 aliphatic rings. The van der Waals surface area contributed by atoms with Crippen LogP contribution in [-0.2, 0) is 6.42 Å². The maximum absolute atomic E-state index is 2.33. The number of aryl methyl sites for hydroxylation is 1. The second-order valence-corrected chi connectivity index (χ2v) is 5.26. The zero-order chi connectivity index (χ0) is 11.7. The summed E-state index contributed by atoms with van der Waals surface area (Å²) in [6.45, 7) is 2.21. The van der Waals surface area contributed by atoms with E-state index in [4.69, 9.17) is 0 Å². The van der Waals surface area contributed by atoms with Crippen LogP contribution in [0.15, 0.2) is 58.8 Å². The summed E-state index contributed by atoms with van der Waals surface area (Å²) in [5.41, 5.74) is 5.47. The van der Waals surface area contributed by atoms with E-state index in [9.17, 15) is 0 Å². The maximum atomic E-state index is 2.33. The lowest BCUT2D eigenvalue weighted by atomic mass is 9.98. The van der Waals surface area contributed by atoms with Gasteiger partial charge in [-0.3, -0.25) is 0 Å². The zero-order valence-electron chi connectivity index (χ0n) is 9.81. The molecule has 1 heteroatoms. The largest absolute Gasteiger partial charge is 0.0978 e. The van der Waals surface area contributed by atoms with Crippen LogP contribution in [0.2, 0.25) is 0 Å². The van der Waals surface area contributed by atoms with Gasteiger partial charge < -0.3 is 0 Å². The predicted octanol–water partition coefficient (Wildman–Crippen LogP) is 4.82. The van der Waals surface area contributed by atoms with Gasteiger partial charge in [0.15, 0.2) is 0 Å². The Labute approximate surface area is 106 Å². The lowest BCUT2D eigenvalue weighted by Crippen LogP contribution is -1.94. The van der Waals surface area contributed by atoms with Crippen LogP contribution in [-0.4, -0.2) is 0 Å². The standard InChI is InChI=1S/C16H14S/c1-12-10-15(13-6-3-2-4-7-13)11-14-8-5-9-17-16(12)14/h2-7,9-11H,8H2,1H3. The first kappa shape index (κ1) is 10.7. The minimum Gasteiger partial charge on any atom is -0.0978 e. The second kappa shape index (κ2) is 4.42. The average Bonchev–Trinajstić information content (AvgIpc) is 2.40. The summed E-state index contributed by atoms with van der Waals surface area (Å²) < 4.78 is 0. The summed E-state index contributed by atoms with van der Waals surface area (Å²) in [6.07, 6.45) is 3.30. The van der Waals surface area contributed by atoms with Crippen LogP contribution in [0, 0.1) is 6.92 Å². The average molecular weight is 238 g/mol. The van der Waals surface area contributed by atoms with E-state index in [2.05, 4.69) is 60.9 Å². The van der Waals surface area contributed by atoms with E-state index < -0.39 is 0 Å². The van der Waals surface area contributed by atoms with Crippen LogP contribution >= 0.6 is 11.8 Å². The van der Waals surface area contributed by atoms with Crippen molar-refractivity contribution in [2.75, 3.05) is 0 Å². The van der Waals surface area contributed by atoms with Crippen LogP contribution in [0.1, 0.15) is 11.1 Å². The molecule has 2 aromatic carbocycles. The Balaban J connectivity index is 2.12. The van der Waals surface area contributed by atoms with Gasteiger partial charge in [0.2, 0.25) is 0 Å². The molecule has 0 saturated carbocycles. The Bertz CT molecular complexity index is 568. The zero-order valence-corrected chi connectivity index (χ0v) is 10.6. The molecule has 17 heavy (non-hydrogen) atoms. The van der Waals surface area contributed by atoms with E-state index >= 15 is 0 Å². The van der Waals surface area contributed by atoms with Crippen molar-refractivity contribution >= 4 is 11.8 Å². The summed E-state index contributed by atoms with van der Waals surface area (Å²) in [6, 6.07) is 15.2. The fourth-order valence-electron chi connectivity index (χ4n) is 2.26. The van der Waals surface area contributed by atoms with Crippen molar-refractivity contribution in [2.24, 2.45) is 0 Å². The topological polar surface area (TPSA) is 0 Å². The fraction of sp³-hybridized carbons (Fsp3) is 0.125. The van der Waals surface area contributed by atoms with E-state index in [1.807, 2.05) is 11.8 Å². The highest BCUT2D eigenvalue weighted by Crippen LogP contribution is 2.35. The highest BCUT2D eigenvalue weighted by atomic mass is 32.2. The van der Waals surface area contributed by atoms with Crippen molar-refractivity contribution in [2.45, 2.75) is 18.2 Å². The lowest BCUT2D eigenvalue weighted by Gasteiger charge is -2.15. The Morgan fingerprint density at radius 3 is 2.65 bits per heavy atom. The third kappa shape index (κ3) is 2.03. The molecule has 0 saturated heterocycles. The van der Waals surface area contributed by atoms with Gasteiger partial charge in [0.1, 0.15) is 0 Å². The molecule has 3 rings (SSSR count). The van der Waals surface area contributed by atoms with Crippen LogP contribution in [0.25, 0.3) is 11.1 Å². The second-order valence-electron chi connectivity index (χ2n) is 4.34. The number of allylic oxidation sites excluding steroid dienone is 1. The molecule has 0 spiro atoms. The lowest BCUT2D eigenvalue weighted by molar-refractivity contribution is 1.13. The third-order valence-corrected chi connectivity index (χ3v) is 4.23. The van der Waals surface area contributed by atoms with Gasteiger partial charge in [0, 0.05) is 4.90 Å². The smallest absolute Gasteiger partial charge is 0.0181 e. The van der Waals surface area contributed by atoms with Crippen molar-refractivity contribution in [3.05, 3.63) is 65.1 Å². The van der Waals surface area contributed by atoms with Crippen LogP contribution in [0.3, 0.4) is 0 Å². The van der Waals surface area contributed by atoms with Crippen molar-refractivity contribution in [3.63, 3.8) is 0 Å². The molecule has 1 heterocycles. The summed E-state index contributed by atoms with van der Waals surface area (Å²) in [4.78, 5) is 1.44. The first-order chi connectivity index (χ1) is 8.34. The Morgan fingerprint density at radius 1 is 1.00 bits per heavy atom. The quantitative estimate of drug-likeness (QED) is 0.686. The fourth-order valence-corrected chi connectivity index (χ4v) is 3.12. The minimum absolute atomic E-state index is 1.06. The van der Waals surface area contributed by atoms with Crippen molar-refractivity contribution < 1.29 is 0 Å². The Kier molecular flexibility index (Phi) is 2.77. The summed E-state index contributed by atoms with van der Waals surface area (Å²) in [5.74, 6) is 0. The van der Waals surface area contributed by atoms with E-state index in [0.29, 0.717) is 0 Å². The van der Waals surface area contributed by atoms with E-state index in [1.165, 1.54) is 27.1 Å². The van der Waals surface area contributed by atoms with Gasteiger partial charge in [-0.1, -0.05) is 54.2 Å². The van der Waals surface area contributed by atoms with Crippen molar-refractivity contribution in [3.8, 4) is 11.1 Å². The van der Waals surface area contributed by atoms with Gasteiger partial charge in [0.05, 0.1) is 0 Å². The molecule has 0 nitrogen and oxygen atoms in total. The van der Waals surface area contributed by atoms with E-state index in [-0.39, 0.29) is 0 Å². The van der Waals surface area contributed by atoms with Gasteiger partial charge >= 0.3 is 0 Å². The molecule has 2 aromatic rings. The SMILES string of the molecule is Cc1cc(-c2ccccc2)cc2c1SC=CC2. The number of rotatable bonds is 1. The molecule has 84 valence electrons. The number of thioether (sulfide) groups is 1. The predicted molar refractivity (Wildman–Crippen MR) is 75.3 cm³/mol. The van der Waals surface area contributed by atoms with Gasteiger partial charge in [-0.05, 0) is 47.1 Å². The van der Waals surface area contributed by atoms with Gasteiger partial charge in [-0.15, -0.1) is 0 Å². The number of fused-ring (bicyclic) bond motifs is 1. The molecular weight excluding hydrogens is 224 g/mol. The maximum Gasteiger partial charge on any atom is 0.0181 e. The van der Waals surface area contributed by atoms with Crippen LogP contribution in [0.4, 0.5) is 0 Å². The highest BCUT2D eigenvalue weighted by molar-refractivity contribution is 8.02. The molecular formula is C16H14S. The van der Waals surface area contributed by atoms with Gasteiger partial charge in [-0.25, -0.2) is 0 Å². The van der Waals surface area contributed by atoms with Crippen molar-refractivity contribution in [1.82, 2.24) is 0 Å². The minimum atomic E-state index is 1.06. The Morgan fingerprint density at radius 2 is 1.82 bits per heavy atom. The normalized spacial score (nSPS) is 13.5. The highest BCUT2D eigenvalue weighted by Gasteiger charge is 2.10. The molecule has 0 unspecified atom stereocenters. The van der Waals surface area contributed by atoms with Crippen molar-refractivity contribution in [1.29, 1.82) is 0 Å². The van der Waals surface area contributed by atoms with Crippen LogP contribution in [0.5, 0.6) is 0 Å². The molecule has 0 fully saturated rings. The molecule has 0 amide bonds. The summed E-state index contributed by atoms with van der Waals surface area (Å²) in [5, 5.41) is 2.19. The molecule has 0 atom stereocenters. The monoisotopic (exact) mass is 238 g/mol. The van der Waals surface area contributed by atoms with Gasteiger partial charge in [0.25, 0.3) is 0 Å². The summed E-state index contributed by atoms with van der Waals surface area (Å²) in [7, 11) is 0. The molecule has 0 radical (unpaired) electrons. The Hall–Kier alpha value is -1.47. The van der Waals surface area contributed by atoms with E-state index in [0.717, 1.165) is 6.42 Å². The van der Waals surface area contributed by atoms with Gasteiger partial charge in [-0.2, -0.15) is 0 Å². The first-order valence-corrected chi connectivity index (χ1v) is 6.73. The molecule has 0 N–H and O–H groups in total. The molecule has 1 aliphatic heterocycles. The third-order valence-electron chi connectivity index (χ3n) is 3.08. The van der Waals surface area contributed by atoms with E-state index in [1.54, 1.807) is 0 Å². The number of benzene rings is 2. The number of hydrogen-bond donors (Lipinski definition) is 0. The van der Waals surface area contributed by atoms with Crippen LogP contribution < -0.4 is 0 Å².